The zero-order chi connectivity index (χ0) is 11.2. The summed E-state index contributed by atoms with van der Waals surface area (Å²) in [6.07, 6.45) is 1.11. The first-order chi connectivity index (χ1) is 7.86. The predicted octanol–water partition coefficient (Wildman–Crippen LogP) is 3.64. The molecule has 0 bridgehead atoms. The van der Waals surface area contributed by atoms with Gasteiger partial charge in [0.25, 0.3) is 0 Å². The first kappa shape index (κ1) is 11.4. The summed E-state index contributed by atoms with van der Waals surface area (Å²) in [5.74, 6) is 0. The van der Waals surface area contributed by atoms with Crippen LogP contribution in [0.4, 0.5) is 0 Å². The third-order valence-corrected chi connectivity index (χ3v) is 3.48. The van der Waals surface area contributed by atoms with Gasteiger partial charge < -0.3 is 5.32 Å². The molecule has 16 heavy (non-hydrogen) atoms. The monoisotopic (exact) mass is 231 g/mol. The topological polar surface area (TPSA) is 12.0 Å². The molecule has 1 aromatic carbocycles. The molecule has 1 atom stereocenters. The minimum absolute atomic E-state index is 0.430. The molecule has 1 heterocycles. The number of benzene rings is 1. The van der Waals surface area contributed by atoms with Gasteiger partial charge in [0.2, 0.25) is 0 Å². The van der Waals surface area contributed by atoms with E-state index in [1.807, 2.05) is 0 Å². The summed E-state index contributed by atoms with van der Waals surface area (Å²) in [7, 11) is 0. The highest BCUT2D eigenvalue weighted by molar-refractivity contribution is 7.07. The second-order valence-electron chi connectivity index (χ2n) is 3.97. The van der Waals surface area contributed by atoms with E-state index >= 15 is 0 Å². The van der Waals surface area contributed by atoms with Crippen LogP contribution >= 0.6 is 11.3 Å². The lowest BCUT2D eigenvalue weighted by atomic mass is 10.1. The van der Waals surface area contributed by atoms with Gasteiger partial charge in [0, 0.05) is 6.04 Å². The van der Waals surface area contributed by atoms with Crippen molar-refractivity contribution in [1.82, 2.24) is 5.32 Å². The molecular formula is C14H17NS. The Hall–Kier alpha value is -1.12. The maximum Gasteiger partial charge on any atom is 0.0291 e. The SMILES string of the molecule is CC(NCCc1ccsc1)c1ccccc1. The summed E-state index contributed by atoms with van der Waals surface area (Å²) in [6.45, 7) is 3.25. The van der Waals surface area contributed by atoms with Crippen LogP contribution in [0, 0.1) is 0 Å². The largest absolute Gasteiger partial charge is 0.310 e. The fourth-order valence-electron chi connectivity index (χ4n) is 1.73. The van der Waals surface area contributed by atoms with Gasteiger partial charge in [-0.25, -0.2) is 0 Å². The van der Waals surface area contributed by atoms with E-state index in [0.717, 1.165) is 13.0 Å². The Balaban J connectivity index is 1.78. The van der Waals surface area contributed by atoms with Gasteiger partial charge in [-0.15, -0.1) is 0 Å². The third kappa shape index (κ3) is 3.19. The van der Waals surface area contributed by atoms with E-state index in [9.17, 15) is 0 Å². The van der Waals surface area contributed by atoms with Crippen LogP contribution in [0.1, 0.15) is 24.1 Å². The van der Waals surface area contributed by atoms with Crippen molar-refractivity contribution in [2.75, 3.05) is 6.54 Å². The second kappa shape index (κ2) is 5.83. The predicted molar refractivity (Wildman–Crippen MR) is 70.9 cm³/mol. The first-order valence-electron chi connectivity index (χ1n) is 5.65. The van der Waals surface area contributed by atoms with Gasteiger partial charge >= 0.3 is 0 Å². The van der Waals surface area contributed by atoms with Crippen molar-refractivity contribution < 1.29 is 0 Å². The summed E-state index contributed by atoms with van der Waals surface area (Å²) in [5.41, 5.74) is 2.78. The van der Waals surface area contributed by atoms with Crippen LogP contribution in [0.25, 0.3) is 0 Å². The van der Waals surface area contributed by atoms with Crippen molar-refractivity contribution in [2.45, 2.75) is 19.4 Å². The summed E-state index contributed by atoms with van der Waals surface area (Å²) < 4.78 is 0. The Morgan fingerprint density at radius 2 is 2.00 bits per heavy atom. The highest BCUT2D eigenvalue weighted by Gasteiger charge is 2.02. The highest BCUT2D eigenvalue weighted by Crippen LogP contribution is 2.11. The molecule has 1 nitrogen and oxygen atoms in total. The Morgan fingerprint density at radius 3 is 2.69 bits per heavy atom. The second-order valence-corrected chi connectivity index (χ2v) is 4.75. The average Bonchev–Trinajstić information content (AvgIpc) is 2.83. The summed E-state index contributed by atoms with van der Waals surface area (Å²) in [4.78, 5) is 0. The maximum atomic E-state index is 3.54. The minimum atomic E-state index is 0.430. The summed E-state index contributed by atoms with van der Waals surface area (Å²) in [5, 5.41) is 7.89. The molecule has 2 rings (SSSR count). The van der Waals surface area contributed by atoms with Crippen LogP contribution in [-0.4, -0.2) is 6.54 Å². The Labute approximate surface area is 101 Å². The van der Waals surface area contributed by atoms with Gasteiger partial charge in [-0.1, -0.05) is 30.3 Å². The van der Waals surface area contributed by atoms with E-state index in [-0.39, 0.29) is 0 Å². The number of rotatable bonds is 5. The lowest BCUT2D eigenvalue weighted by Crippen LogP contribution is -2.21. The molecule has 1 unspecified atom stereocenters. The number of nitrogens with one attached hydrogen (secondary N) is 1. The maximum absolute atomic E-state index is 3.54. The zero-order valence-electron chi connectivity index (χ0n) is 9.52. The molecule has 0 saturated heterocycles. The molecule has 0 fully saturated rings. The lowest BCUT2D eigenvalue weighted by Gasteiger charge is -2.13. The van der Waals surface area contributed by atoms with E-state index in [2.05, 4.69) is 59.4 Å². The fraction of sp³-hybridized carbons (Fsp3) is 0.286. The van der Waals surface area contributed by atoms with Gasteiger partial charge in [-0.2, -0.15) is 11.3 Å². The van der Waals surface area contributed by atoms with Crippen LogP contribution in [0.3, 0.4) is 0 Å². The van der Waals surface area contributed by atoms with Crippen molar-refractivity contribution >= 4 is 11.3 Å². The molecule has 0 radical (unpaired) electrons. The van der Waals surface area contributed by atoms with E-state index in [0.29, 0.717) is 6.04 Å². The van der Waals surface area contributed by atoms with Crippen molar-refractivity contribution in [3.63, 3.8) is 0 Å². The van der Waals surface area contributed by atoms with Gasteiger partial charge in [0.05, 0.1) is 0 Å². The first-order valence-corrected chi connectivity index (χ1v) is 6.60. The van der Waals surface area contributed by atoms with Gasteiger partial charge in [-0.05, 0) is 47.8 Å². The minimum Gasteiger partial charge on any atom is -0.310 e. The smallest absolute Gasteiger partial charge is 0.0291 e. The number of hydrogen-bond acceptors (Lipinski definition) is 2. The van der Waals surface area contributed by atoms with Crippen LogP contribution in [0.5, 0.6) is 0 Å². The van der Waals surface area contributed by atoms with E-state index < -0.39 is 0 Å². The van der Waals surface area contributed by atoms with Crippen molar-refractivity contribution in [2.24, 2.45) is 0 Å². The molecule has 2 aromatic rings. The molecule has 1 aromatic heterocycles. The molecular weight excluding hydrogens is 214 g/mol. The Bertz CT molecular complexity index is 394. The molecule has 0 spiro atoms. The van der Waals surface area contributed by atoms with Crippen LogP contribution in [0.15, 0.2) is 47.2 Å². The lowest BCUT2D eigenvalue weighted by molar-refractivity contribution is 0.577. The quantitative estimate of drug-likeness (QED) is 0.828. The van der Waals surface area contributed by atoms with Gasteiger partial charge in [0.1, 0.15) is 0 Å². The highest BCUT2D eigenvalue weighted by atomic mass is 32.1. The molecule has 0 aliphatic heterocycles. The van der Waals surface area contributed by atoms with Crippen LogP contribution < -0.4 is 5.32 Å². The summed E-state index contributed by atoms with van der Waals surface area (Å²) >= 11 is 1.77. The summed E-state index contributed by atoms with van der Waals surface area (Å²) in [6, 6.07) is 13.2. The van der Waals surface area contributed by atoms with E-state index in [1.54, 1.807) is 11.3 Å². The fourth-order valence-corrected chi connectivity index (χ4v) is 2.43. The van der Waals surface area contributed by atoms with Crippen LogP contribution in [-0.2, 0) is 6.42 Å². The van der Waals surface area contributed by atoms with Crippen molar-refractivity contribution in [3.05, 3.63) is 58.3 Å². The van der Waals surface area contributed by atoms with Crippen molar-refractivity contribution in [1.29, 1.82) is 0 Å². The molecule has 0 saturated carbocycles. The average molecular weight is 231 g/mol. The Kier molecular flexibility index (Phi) is 4.14. The van der Waals surface area contributed by atoms with Crippen LogP contribution in [0.2, 0.25) is 0 Å². The number of hydrogen-bond donors (Lipinski definition) is 1. The molecule has 0 aliphatic rings. The van der Waals surface area contributed by atoms with Gasteiger partial charge in [0.15, 0.2) is 0 Å². The molecule has 0 amide bonds. The van der Waals surface area contributed by atoms with Gasteiger partial charge in [-0.3, -0.25) is 0 Å². The standard InChI is InChI=1S/C14H17NS/c1-12(14-5-3-2-4-6-14)15-9-7-13-8-10-16-11-13/h2-6,8,10-12,15H,7,9H2,1H3. The molecule has 2 heteroatoms. The molecule has 1 N–H and O–H groups in total. The zero-order valence-corrected chi connectivity index (χ0v) is 10.3. The number of thiophene rings is 1. The third-order valence-electron chi connectivity index (χ3n) is 2.74. The normalized spacial score (nSPS) is 12.6. The molecule has 0 aliphatic carbocycles. The molecule has 84 valence electrons. The van der Waals surface area contributed by atoms with E-state index in [4.69, 9.17) is 0 Å². The van der Waals surface area contributed by atoms with Crippen molar-refractivity contribution in [3.8, 4) is 0 Å². The van der Waals surface area contributed by atoms with E-state index in [1.165, 1.54) is 11.1 Å². The Morgan fingerprint density at radius 1 is 1.19 bits per heavy atom.